The molecule has 0 aliphatic carbocycles. The van der Waals surface area contributed by atoms with E-state index < -0.39 is 12.1 Å². The molecule has 2 unspecified atom stereocenters. The molecule has 324 valence electrons. The number of benzene rings is 2. The Morgan fingerprint density at radius 1 is 0.500 bits per heavy atom. The van der Waals surface area contributed by atoms with Gasteiger partial charge in [-0.3, -0.25) is 39.4 Å². The molecular formula is C46H62N6O6S2. The fourth-order valence-corrected chi connectivity index (χ4v) is 11.5. The van der Waals surface area contributed by atoms with Crippen LogP contribution in [0.2, 0.25) is 0 Å². The third kappa shape index (κ3) is 11.4. The van der Waals surface area contributed by atoms with Gasteiger partial charge in [0.1, 0.15) is 12.1 Å². The normalized spacial score (nSPS) is 21.1. The smallest absolute Gasteiger partial charge is 0.255 e. The number of carbonyl (C=O) groups is 6. The largest absolute Gasteiger partial charge is 0.322 e. The highest BCUT2D eigenvalue weighted by atomic mass is 32.2. The van der Waals surface area contributed by atoms with Crippen LogP contribution in [0.25, 0.3) is 0 Å². The molecule has 0 aromatic heterocycles. The SMILES string of the molecule is O=C1CCC(N2Cc3c(SCCCCCCCCN4CCN(CCCCCCCCSc5cccc6c5CN(C5CCC(=O)NC5=O)C6=O)CC4)cccc3C2=O)C(=O)N1. The standard InChI is InChI=1S/C46H62N6O6S2/c53-41-21-19-37(43(55)47-41)51-31-35-33(45(51)57)15-13-17-39(35)59-29-11-7-3-1-5-9-23-49-25-27-50(28-26-49)24-10-6-2-4-8-12-30-60-40-18-14-16-34-36(40)32-52(46(34)58)38-20-22-42(54)48-44(38)56/h13-18,37-38H,1-12,19-32H2,(H,47,53,55)(H,48,54,56). The van der Waals surface area contributed by atoms with Crippen LogP contribution in [0.4, 0.5) is 0 Å². The summed E-state index contributed by atoms with van der Waals surface area (Å²) in [5, 5.41) is 4.77. The van der Waals surface area contributed by atoms with Gasteiger partial charge in [-0.15, -0.1) is 23.5 Å². The monoisotopic (exact) mass is 858 g/mol. The Morgan fingerprint density at radius 2 is 0.883 bits per heavy atom. The van der Waals surface area contributed by atoms with Crippen LogP contribution >= 0.6 is 23.5 Å². The van der Waals surface area contributed by atoms with Gasteiger partial charge in [-0.1, -0.05) is 63.5 Å². The van der Waals surface area contributed by atoms with Gasteiger partial charge in [0.05, 0.1) is 0 Å². The molecule has 0 bridgehead atoms. The van der Waals surface area contributed by atoms with Crippen LogP contribution in [0, 0.1) is 0 Å². The molecule has 0 spiro atoms. The van der Waals surface area contributed by atoms with Gasteiger partial charge in [0.25, 0.3) is 11.8 Å². The minimum absolute atomic E-state index is 0.106. The van der Waals surface area contributed by atoms with Gasteiger partial charge >= 0.3 is 0 Å². The van der Waals surface area contributed by atoms with E-state index in [0.29, 0.717) is 37.1 Å². The van der Waals surface area contributed by atoms with E-state index in [4.69, 9.17) is 0 Å². The zero-order valence-corrected chi connectivity index (χ0v) is 36.7. The zero-order chi connectivity index (χ0) is 41.8. The summed E-state index contributed by atoms with van der Waals surface area (Å²) in [6, 6.07) is 10.6. The molecular weight excluding hydrogens is 797 g/mol. The number of piperazine rings is 1. The van der Waals surface area contributed by atoms with Crippen molar-refractivity contribution < 1.29 is 28.8 Å². The van der Waals surface area contributed by atoms with Crippen molar-refractivity contribution in [1.82, 2.24) is 30.2 Å². The van der Waals surface area contributed by atoms with Gasteiger partial charge in [-0.2, -0.15) is 0 Å². The first-order chi connectivity index (χ1) is 29.3. The lowest BCUT2D eigenvalue weighted by atomic mass is 10.0. The predicted molar refractivity (Wildman–Crippen MR) is 235 cm³/mol. The topological polar surface area (TPSA) is 139 Å². The van der Waals surface area contributed by atoms with Crippen molar-refractivity contribution in [2.45, 2.75) is 138 Å². The van der Waals surface area contributed by atoms with Crippen LogP contribution in [-0.2, 0) is 32.3 Å². The Labute approximate surface area is 363 Å². The highest BCUT2D eigenvalue weighted by Crippen LogP contribution is 2.36. The minimum atomic E-state index is -0.572. The van der Waals surface area contributed by atoms with Crippen molar-refractivity contribution >= 4 is 59.0 Å². The number of nitrogens with one attached hydrogen (secondary N) is 2. The first-order valence-corrected chi connectivity index (χ1v) is 24.5. The summed E-state index contributed by atoms with van der Waals surface area (Å²) >= 11 is 3.63. The molecule has 3 saturated heterocycles. The number of thioether (sulfide) groups is 2. The molecule has 2 aromatic carbocycles. The summed E-state index contributed by atoms with van der Waals surface area (Å²) in [6.07, 6.45) is 16.3. The Bertz CT molecular complexity index is 1750. The fraction of sp³-hybridized carbons (Fsp3) is 0.609. The summed E-state index contributed by atoms with van der Waals surface area (Å²) in [4.78, 5) is 85.0. The number of unbranched alkanes of at least 4 members (excludes halogenated alkanes) is 10. The maximum Gasteiger partial charge on any atom is 0.255 e. The van der Waals surface area contributed by atoms with Gasteiger partial charge in [0.15, 0.2) is 0 Å². The average Bonchev–Trinajstić information content (AvgIpc) is 3.76. The van der Waals surface area contributed by atoms with E-state index in [1.807, 2.05) is 47.8 Å². The Balaban J connectivity index is 0.663. The summed E-state index contributed by atoms with van der Waals surface area (Å²) in [5.41, 5.74) is 3.42. The third-order valence-corrected chi connectivity index (χ3v) is 15.2. The van der Waals surface area contributed by atoms with E-state index in [9.17, 15) is 28.8 Å². The van der Waals surface area contributed by atoms with Crippen LogP contribution in [-0.4, -0.2) is 118 Å². The molecule has 3 fully saturated rings. The highest BCUT2D eigenvalue weighted by molar-refractivity contribution is 7.99. The number of carbonyl (C=O) groups excluding carboxylic acids is 6. The van der Waals surface area contributed by atoms with Crippen molar-refractivity contribution in [3.8, 4) is 0 Å². The molecule has 5 heterocycles. The molecule has 2 aromatic rings. The Morgan fingerprint density at radius 3 is 1.28 bits per heavy atom. The molecule has 5 aliphatic rings. The second-order valence-corrected chi connectivity index (χ2v) is 19.3. The van der Waals surface area contributed by atoms with Crippen LogP contribution in [0.5, 0.6) is 0 Å². The lowest BCUT2D eigenvalue weighted by Gasteiger charge is -2.34. The highest BCUT2D eigenvalue weighted by Gasteiger charge is 2.41. The maximum atomic E-state index is 13.1. The Kier molecular flexibility index (Phi) is 16.2. The van der Waals surface area contributed by atoms with Gasteiger partial charge in [0.2, 0.25) is 23.6 Å². The van der Waals surface area contributed by atoms with Crippen molar-refractivity contribution in [1.29, 1.82) is 0 Å². The number of nitrogens with zero attached hydrogens (tertiary/aromatic N) is 4. The molecule has 2 atom stereocenters. The van der Waals surface area contributed by atoms with Crippen LogP contribution in [0.3, 0.4) is 0 Å². The van der Waals surface area contributed by atoms with Crippen molar-refractivity contribution in [3.05, 3.63) is 58.7 Å². The lowest BCUT2D eigenvalue weighted by Crippen LogP contribution is -2.52. The number of hydrogen-bond acceptors (Lipinski definition) is 10. The third-order valence-electron chi connectivity index (χ3n) is 12.8. The van der Waals surface area contributed by atoms with Gasteiger partial charge < -0.3 is 19.6 Å². The molecule has 7 rings (SSSR count). The van der Waals surface area contributed by atoms with E-state index in [-0.39, 0.29) is 48.3 Å². The van der Waals surface area contributed by atoms with Crippen molar-refractivity contribution in [2.75, 3.05) is 50.8 Å². The fourth-order valence-electron chi connectivity index (χ4n) is 9.27. The van der Waals surface area contributed by atoms with E-state index >= 15 is 0 Å². The summed E-state index contributed by atoms with van der Waals surface area (Å²) in [5.74, 6) is 0.576. The molecule has 60 heavy (non-hydrogen) atoms. The van der Waals surface area contributed by atoms with E-state index in [2.05, 4.69) is 32.6 Å². The molecule has 14 heteroatoms. The maximum absolute atomic E-state index is 13.1. The molecule has 5 aliphatic heterocycles. The number of hydrogen-bond donors (Lipinski definition) is 2. The lowest BCUT2D eigenvalue weighted by molar-refractivity contribution is -0.138. The van der Waals surface area contributed by atoms with E-state index in [1.165, 1.54) is 103 Å². The van der Waals surface area contributed by atoms with Gasteiger partial charge in [0, 0.05) is 73.0 Å². The summed E-state index contributed by atoms with van der Waals surface area (Å²) in [7, 11) is 0. The molecule has 6 amide bonds. The minimum Gasteiger partial charge on any atom is -0.322 e. The van der Waals surface area contributed by atoms with Crippen LogP contribution in [0.1, 0.15) is 135 Å². The second-order valence-electron chi connectivity index (χ2n) is 17.0. The molecule has 0 radical (unpaired) electrons. The number of fused-ring (bicyclic) bond motifs is 2. The number of imide groups is 2. The summed E-state index contributed by atoms with van der Waals surface area (Å²) in [6.45, 7) is 8.02. The number of rotatable bonds is 22. The van der Waals surface area contributed by atoms with Crippen LogP contribution in [0.15, 0.2) is 46.2 Å². The Hall–Kier alpha value is -3.72. The second kappa shape index (κ2) is 21.9. The van der Waals surface area contributed by atoms with E-state index in [1.54, 1.807) is 9.80 Å². The average molecular weight is 859 g/mol. The van der Waals surface area contributed by atoms with Crippen LogP contribution < -0.4 is 10.6 Å². The summed E-state index contributed by atoms with van der Waals surface area (Å²) < 4.78 is 0. The number of amides is 6. The number of piperidine rings is 2. The molecule has 2 N–H and O–H groups in total. The first kappa shape index (κ1) is 44.3. The van der Waals surface area contributed by atoms with Crippen molar-refractivity contribution in [2.24, 2.45) is 0 Å². The zero-order valence-electron chi connectivity index (χ0n) is 35.1. The first-order valence-electron chi connectivity index (χ1n) is 22.5. The van der Waals surface area contributed by atoms with Crippen molar-refractivity contribution in [3.63, 3.8) is 0 Å². The quantitative estimate of drug-likeness (QED) is 0.0779. The molecule has 0 saturated carbocycles. The van der Waals surface area contributed by atoms with Gasteiger partial charge in [-0.05, 0) is 98.5 Å². The predicted octanol–water partition coefficient (Wildman–Crippen LogP) is 6.39. The van der Waals surface area contributed by atoms with Gasteiger partial charge in [-0.25, -0.2) is 0 Å². The van der Waals surface area contributed by atoms with E-state index in [0.717, 1.165) is 45.3 Å². The molecule has 12 nitrogen and oxygen atoms in total.